The number of benzene rings is 1. The average molecular weight is 378 g/mol. The maximum absolute atomic E-state index is 12.7. The Hall–Kier alpha value is -1.56. The van der Waals surface area contributed by atoms with Crippen molar-refractivity contribution in [3.05, 3.63) is 29.8 Å². The van der Waals surface area contributed by atoms with Crippen LogP contribution in [0.15, 0.2) is 34.2 Å². The molecule has 1 saturated carbocycles. The molecule has 0 aromatic heterocycles. The fourth-order valence-corrected chi connectivity index (χ4v) is 4.90. The first-order valence-corrected chi connectivity index (χ1v) is 11.5. The molecule has 2 aliphatic rings. The predicted molar refractivity (Wildman–Crippen MR) is 106 cm³/mol. The van der Waals surface area contributed by atoms with E-state index in [9.17, 15) is 8.42 Å². The van der Waals surface area contributed by atoms with Gasteiger partial charge in [-0.05, 0) is 43.4 Å². The van der Waals surface area contributed by atoms with E-state index in [4.69, 9.17) is 0 Å². The highest BCUT2D eigenvalue weighted by atomic mass is 32.2. The van der Waals surface area contributed by atoms with Gasteiger partial charge in [0.05, 0.1) is 17.0 Å². The zero-order valence-electron chi connectivity index (χ0n) is 15.7. The van der Waals surface area contributed by atoms with E-state index in [0.29, 0.717) is 10.9 Å². The third-order valence-corrected chi connectivity index (χ3v) is 6.69. The molecule has 1 aliphatic heterocycles. The molecule has 2 N–H and O–H groups in total. The van der Waals surface area contributed by atoms with Crippen LogP contribution in [-0.4, -0.2) is 26.5 Å². The lowest BCUT2D eigenvalue weighted by molar-refractivity contribution is 0.384. The Balaban J connectivity index is 1.59. The largest absolute Gasteiger partial charge is 0.351 e. The van der Waals surface area contributed by atoms with Gasteiger partial charge in [0.25, 0.3) is 10.0 Å². The lowest BCUT2D eigenvalue weighted by atomic mass is 9.92. The molecular formula is C20H31N3O2S. The summed E-state index contributed by atoms with van der Waals surface area (Å²) in [5.74, 6) is 0.409. The molecule has 0 spiro atoms. The summed E-state index contributed by atoms with van der Waals surface area (Å²) in [4.78, 5) is 4.86. The normalized spacial score (nSPS) is 22.4. The summed E-state index contributed by atoms with van der Waals surface area (Å²) in [7, 11) is -3.59. The third kappa shape index (κ3) is 5.00. The minimum atomic E-state index is -3.59. The van der Waals surface area contributed by atoms with E-state index in [1.165, 1.54) is 38.5 Å². The molecule has 2 atom stereocenters. The summed E-state index contributed by atoms with van der Waals surface area (Å²) in [6.45, 7) is 2.21. The van der Waals surface area contributed by atoms with Crippen molar-refractivity contribution in [1.82, 2.24) is 10.0 Å². The first kappa shape index (κ1) is 19.2. The standard InChI is InChI=1S/C20H31N3O2S/c1-2-3-4-5-6-10-16-11-9-12-17(15-16)26(24,25)23-20-21-18-13-7-8-14-19(18)22-20/h9,11-12,15,18-19H,2-8,10,13-14H2,1H3,(H2,21,22,23). The lowest BCUT2D eigenvalue weighted by Crippen LogP contribution is -2.43. The van der Waals surface area contributed by atoms with Crippen LogP contribution in [-0.2, 0) is 16.4 Å². The zero-order valence-corrected chi connectivity index (χ0v) is 16.5. The molecule has 144 valence electrons. The summed E-state index contributed by atoms with van der Waals surface area (Å²) in [6, 6.07) is 7.81. The van der Waals surface area contributed by atoms with Gasteiger partial charge in [-0.15, -0.1) is 0 Å². The number of rotatable bonds is 8. The molecule has 1 fully saturated rings. The van der Waals surface area contributed by atoms with E-state index in [2.05, 4.69) is 22.0 Å². The second-order valence-electron chi connectivity index (χ2n) is 7.50. The molecule has 0 saturated heterocycles. The van der Waals surface area contributed by atoms with Crippen LogP contribution in [0.1, 0.15) is 70.3 Å². The van der Waals surface area contributed by atoms with E-state index in [1.807, 2.05) is 12.1 Å². The molecule has 2 unspecified atom stereocenters. The molecule has 6 heteroatoms. The molecule has 26 heavy (non-hydrogen) atoms. The maximum atomic E-state index is 12.7. The Morgan fingerprint density at radius 2 is 1.96 bits per heavy atom. The van der Waals surface area contributed by atoms with Gasteiger partial charge in [0.2, 0.25) is 5.96 Å². The number of guanidine groups is 1. The van der Waals surface area contributed by atoms with Gasteiger partial charge in [-0.2, -0.15) is 0 Å². The van der Waals surface area contributed by atoms with Gasteiger partial charge in [0.15, 0.2) is 0 Å². The predicted octanol–water partition coefficient (Wildman–Crippen LogP) is 3.75. The van der Waals surface area contributed by atoms with Crippen molar-refractivity contribution < 1.29 is 8.42 Å². The van der Waals surface area contributed by atoms with Crippen molar-refractivity contribution in [3.8, 4) is 0 Å². The molecule has 1 aromatic rings. The number of sulfonamides is 1. The van der Waals surface area contributed by atoms with Crippen molar-refractivity contribution in [2.45, 2.75) is 88.1 Å². The first-order valence-electron chi connectivity index (χ1n) is 10.0. The third-order valence-electron chi connectivity index (χ3n) is 5.36. The van der Waals surface area contributed by atoms with Crippen LogP contribution in [0.5, 0.6) is 0 Å². The number of aliphatic imine (C=N–C) groups is 1. The van der Waals surface area contributed by atoms with Crippen LogP contribution in [0.25, 0.3) is 0 Å². The van der Waals surface area contributed by atoms with Crippen molar-refractivity contribution in [1.29, 1.82) is 0 Å². The second-order valence-corrected chi connectivity index (χ2v) is 9.18. The number of aryl methyl sites for hydroxylation is 1. The summed E-state index contributed by atoms with van der Waals surface area (Å²) >= 11 is 0. The molecule has 1 aromatic carbocycles. The van der Waals surface area contributed by atoms with Gasteiger partial charge in [0, 0.05) is 0 Å². The van der Waals surface area contributed by atoms with E-state index >= 15 is 0 Å². The number of nitrogens with zero attached hydrogens (tertiary/aromatic N) is 1. The molecule has 1 heterocycles. The Morgan fingerprint density at radius 1 is 1.15 bits per heavy atom. The van der Waals surface area contributed by atoms with Crippen molar-refractivity contribution in [2.75, 3.05) is 0 Å². The SMILES string of the molecule is CCCCCCCc1cccc(S(=O)(=O)NC2=NC3CCCCC3N2)c1. The number of nitrogens with one attached hydrogen (secondary N) is 2. The van der Waals surface area contributed by atoms with Crippen LogP contribution in [0.3, 0.4) is 0 Å². The Bertz CT molecular complexity index is 730. The van der Waals surface area contributed by atoms with Gasteiger partial charge in [-0.25, -0.2) is 18.1 Å². The zero-order chi connectivity index (χ0) is 18.4. The fraction of sp³-hybridized carbons (Fsp3) is 0.650. The van der Waals surface area contributed by atoms with Crippen LogP contribution in [0, 0.1) is 0 Å². The molecule has 0 bridgehead atoms. The van der Waals surface area contributed by atoms with Crippen molar-refractivity contribution >= 4 is 16.0 Å². The number of hydrogen-bond donors (Lipinski definition) is 2. The minimum absolute atomic E-state index is 0.218. The fourth-order valence-electron chi connectivity index (χ4n) is 3.86. The summed E-state index contributed by atoms with van der Waals surface area (Å²) < 4.78 is 28.1. The van der Waals surface area contributed by atoms with Crippen LogP contribution < -0.4 is 10.0 Å². The number of unbranched alkanes of at least 4 members (excludes halogenated alkanes) is 4. The van der Waals surface area contributed by atoms with Gasteiger partial charge >= 0.3 is 0 Å². The molecule has 0 radical (unpaired) electrons. The molecule has 3 rings (SSSR count). The molecule has 5 nitrogen and oxygen atoms in total. The number of fused-ring (bicyclic) bond motifs is 1. The van der Waals surface area contributed by atoms with Gasteiger partial charge in [0.1, 0.15) is 0 Å². The van der Waals surface area contributed by atoms with Crippen LogP contribution in [0.2, 0.25) is 0 Å². The van der Waals surface area contributed by atoms with E-state index in [-0.39, 0.29) is 12.1 Å². The molecular weight excluding hydrogens is 346 g/mol. The van der Waals surface area contributed by atoms with Crippen molar-refractivity contribution in [3.63, 3.8) is 0 Å². The summed E-state index contributed by atoms with van der Waals surface area (Å²) in [5, 5.41) is 3.25. The van der Waals surface area contributed by atoms with E-state index in [1.54, 1.807) is 12.1 Å². The first-order chi connectivity index (χ1) is 12.6. The summed E-state index contributed by atoms with van der Waals surface area (Å²) in [6.07, 6.45) is 11.5. The average Bonchev–Trinajstić information content (AvgIpc) is 3.03. The van der Waals surface area contributed by atoms with E-state index in [0.717, 1.165) is 31.2 Å². The highest BCUT2D eigenvalue weighted by molar-refractivity contribution is 7.90. The van der Waals surface area contributed by atoms with E-state index < -0.39 is 10.0 Å². The van der Waals surface area contributed by atoms with Crippen LogP contribution >= 0.6 is 0 Å². The quantitative estimate of drug-likeness (QED) is 0.678. The Kier molecular flexibility index (Phi) is 6.57. The summed E-state index contributed by atoms with van der Waals surface area (Å²) in [5.41, 5.74) is 1.08. The maximum Gasteiger partial charge on any atom is 0.264 e. The highest BCUT2D eigenvalue weighted by Gasteiger charge is 2.32. The monoisotopic (exact) mass is 377 g/mol. The Morgan fingerprint density at radius 3 is 2.77 bits per heavy atom. The van der Waals surface area contributed by atoms with Crippen molar-refractivity contribution in [2.24, 2.45) is 4.99 Å². The minimum Gasteiger partial charge on any atom is -0.351 e. The highest BCUT2D eigenvalue weighted by Crippen LogP contribution is 2.24. The van der Waals surface area contributed by atoms with Gasteiger partial charge in [-0.3, -0.25) is 0 Å². The smallest absolute Gasteiger partial charge is 0.264 e. The topological polar surface area (TPSA) is 70.6 Å². The molecule has 1 aliphatic carbocycles. The molecule has 0 amide bonds. The number of hydrogen-bond acceptors (Lipinski definition) is 4. The lowest BCUT2D eigenvalue weighted by Gasteiger charge is -2.23. The van der Waals surface area contributed by atoms with Gasteiger partial charge < -0.3 is 5.32 Å². The van der Waals surface area contributed by atoms with Crippen LogP contribution in [0.4, 0.5) is 0 Å². The second kappa shape index (κ2) is 8.89. The van der Waals surface area contributed by atoms with Gasteiger partial charge in [-0.1, -0.05) is 57.6 Å². The Labute approximate surface area is 157 Å².